The van der Waals surface area contributed by atoms with E-state index < -0.39 is 0 Å². The number of ether oxygens (including phenoxy) is 1. The smallest absolute Gasteiger partial charge is 0.275 e. The molecule has 1 saturated heterocycles. The molecule has 1 aliphatic heterocycles. The van der Waals surface area contributed by atoms with E-state index in [4.69, 9.17) is 4.74 Å². The minimum atomic E-state index is -0.314. The Morgan fingerprint density at radius 3 is 2.50 bits per heavy atom. The van der Waals surface area contributed by atoms with Crippen LogP contribution in [0.3, 0.4) is 0 Å². The average Bonchev–Trinajstić information content (AvgIpc) is 3.26. The molecule has 2 heterocycles. The fourth-order valence-electron chi connectivity index (χ4n) is 4.11. The summed E-state index contributed by atoms with van der Waals surface area (Å²) < 4.78 is 10.5. The van der Waals surface area contributed by atoms with Gasteiger partial charge in [0, 0.05) is 6.54 Å². The number of carbonyl (C=O) groups is 1. The Morgan fingerprint density at radius 2 is 1.84 bits per heavy atom. The fourth-order valence-corrected chi connectivity index (χ4v) is 4.11. The number of carbonyl (C=O) groups excluding carboxylic acids is 1. The van der Waals surface area contributed by atoms with Crippen molar-refractivity contribution < 1.29 is 14.2 Å². The molecule has 1 atom stereocenters. The minimum Gasteiger partial charge on any atom is -0.489 e. The molecule has 1 N–H and O–H groups in total. The molecular formula is C25H30N4O3. The van der Waals surface area contributed by atoms with Crippen LogP contribution in [0.25, 0.3) is 0 Å². The van der Waals surface area contributed by atoms with Crippen LogP contribution >= 0.6 is 0 Å². The second-order valence-electron chi connectivity index (χ2n) is 8.44. The standard InChI is InChI=1S/C25H30N4O3/c1-18(16-26-25(30)24-19(2)27-32-28-24)31-23-10-8-20(9-11-23)17-29-14-12-22(13-15-29)21-6-4-3-5-7-21/h3-11,18,22H,12-17H2,1-2H3,(H,26,30). The van der Waals surface area contributed by atoms with Gasteiger partial charge in [-0.1, -0.05) is 47.6 Å². The number of aromatic nitrogens is 2. The number of rotatable bonds is 8. The molecule has 0 radical (unpaired) electrons. The van der Waals surface area contributed by atoms with Crippen LogP contribution in [0.1, 0.15) is 53.0 Å². The normalized spacial score (nSPS) is 15.9. The first kappa shape index (κ1) is 22.0. The van der Waals surface area contributed by atoms with Crippen molar-refractivity contribution >= 4 is 5.91 Å². The quantitative estimate of drug-likeness (QED) is 0.578. The number of hydrogen-bond acceptors (Lipinski definition) is 6. The van der Waals surface area contributed by atoms with Gasteiger partial charge < -0.3 is 10.1 Å². The highest BCUT2D eigenvalue weighted by Crippen LogP contribution is 2.28. The van der Waals surface area contributed by atoms with Gasteiger partial charge in [-0.15, -0.1) is 0 Å². The van der Waals surface area contributed by atoms with Crippen LogP contribution in [0.5, 0.6) is 5.75 Å². The molecule has 0 saturated carbocycles. The van der Waals surface area contributed by atoms with Gasteiger partial charge in [-0.25, -0.2) is 4.63 Å². The van der Waals surface area contributed by atoms with Crippen molar-refractivity contribution in [2.75, 3.05) is 19.6 Å². The summed E-state index contributed by atoms with van der Waals surface area (Å²) in [4.78, 5) is 14.6. The van der Waals surface area contributed by atoms with E-state index in [-0.39, 0.29) is 17.7 Å². The second-order valence-corrected chi connectivity index (χ2v) is 8.44. The molecular weight excluding hydrogens is 404 g/mol. The topological polar surface area (TPSA) is 80.5 Å². The molecule has 4 rings (SSSR count). The average molecular weight is 435 g/mol. The first-order chi connectivity index (χ1) is 15.6. The summed E-state index contributed by atoms with van der Waals surface area (Å²) in [7, 11) is 0. The molecule has 168 valence electrons. The summed E-state index contributed by atoms with van der Waals surface area (Å²) in [5.74, 6) is 1.15. The van der Waals surface area contributed by atoms with Crippen LogP contribution in [0.2, 0.25) is 0 Å². The number of aryl methyl sites for hydroxylation is 1. The van der Waals surface area contributed by atoms with Gasteiger partial charge in [-0.3, -0.25) is 9.69 Å². The zero-order valence-corrected chi connectivity index (χ0v) is 18.7. The highest BCUT2D eigenvalue weighted by Gasteiger charge is 2.20. The summed E-state index contributed by atoms with van der Waals surface area (Å²) in [5.41, 5.74) is 3.42. The lowest BCUT2D eigenvalue weighted by Crippen LogP contribution is -2.34. The van der Waals surface area contributed by atoms with Gasteiger partial charge in [0.05, 0.1) is 6.54 Å². The number of piperidine rings is 1. The molecule has 1 unspecified atom stereocenters. The van der Waals surface area contributed by atoms with Crippen molar-refractivity contribution in [3.8, 4) is 5.75 Å². The molecule has 1 fully saturated rings. The lowest BCUT2D eigenvalue weighted by atomic mass is 9.89. The fraction of sp³-hybridized carbons (Fsp3) is 0.400. The Labute approximate surface area is 188 Å². The van der Waals surface area contributed by atoms with Crippen LogP contribution in [0.15, 0.2) is 59.2 Å². The molecule has 0 aliphatic carbocycles. The minimum absolute atomic E-state index is 0.179. The Bertz CT molecular complexity index is 996. The Morgan fingerprint density at radius 1 is 1.12 bits per heavy atom. The number of nitrogens with one attached hydrogen (secondary N) is 1. The molecule has 7 heteroatoms. The SMILES string of the molecule is Cc1nonc1C(=O)NCC(C)Oc1ccc(CN2CCC(c3ccccc3)CC2)cc1. The lowest BCUT2D eigenvalue weighted by molar-refractivity contribution is 0.0922. The Balaban J connectivity index is 1.20. The van der Waals surface area contributed by atoms with E-state index in [2.05, 4.69) is 67.6 Å². The molecule has 1 amide bonds. The Hall–Kier alpha value is -3.19. The van der Waals surface area contributed by atoms with E-state index >= 15 is 0 Å². The first-order valence-electron chi connectivity index (χ1n) is 11.2. The van der Waals surface area contributed by atoms with Gasteiger partial charge in [0.2, 0.25) is 0 Å². The second kappa shape index (κ2) is 10.4. The molecule has 2 aromatic carbocycles. The molecule has 32 heavy (non-hydrogen) atoms. The van der Waals surface area contributed by atoms with E-state index in [0.717, 1.165) is 25.4 Å². The zero-order valence-electron chi connectivity index (χ0n) is 18.7. The maximum atomic E-state index is 12.1. The summed E-state index contributed by atoms with van der Waals surface area (Å²) >= 11 is 0. The molecule has 0 bridgehead atoms. The van der Waals surface area contributed by atoms with E-state index in [1.54, 1.807) is 6.92 Å². The van der Waals surface area contributed by atoms with Crippen molar-refractivity contribution in [3.63, 3.8) is 0 Å². The van der Waals surface area contributed by atoms with E-state index in [1.165, 1.54) is 24.0 Å². The maximum Gasteiger partial charge on any atom is 0.275 e. The van der Waals surface area contributed by atoms with Gasteiger partial charge in [-0.2, -0.15) is 0 Å². The third kappa shape index (κ3) is 5.73. The Kier molecular flexibility index (Phi) is 7.17. The first-order valence-corrected chi connectivity index (χ1v) is 11.2. The van der Waals surface area contributed by atoms with Gasteiger partial charge in [0.25, 0.3) is 5.91 Å². The number of amides is 1. The third-order valence-electron chi connectivity index (χ3n) is 5.94. The van der Waals surface area contributed by atoms with Crippen molar-refractivity contribution in [1.29, 1.82) is 0 Å². The molecule has 1 aliphatic rings. The van der Waals surface area contributed by atoms with Crippen LogP contribution in [0, 0.1) is 6.92 Å². The van der Waals surface area contributed by atoms with Gasteiger partial charge in [0.1, 0.15) is 17.5 Å². The van der Waals surface area contributed by atoms with Crippen molar-refractivity contribution in [2.24, 2.45) is 0 Å². The lowest BCUT2D eigenvalue weighted by Gasteiger charge is -2.32. The van der Waals surface area contributed by atoms with E-state index in [1.807, 2.05) is 19.1 Å². The van der Waals surface area contributed by atoms with Gasteiger partial charge in [-0.05, 0) is 74.1 Å². The number of hydrogen-bond donors (Lipinski definition) is 1. The monoisotopic (exact) mass is 434 g/mol. The van der Waals surface area contributed by atoms with Crippen molar-refractivity contribution in [3.05, 3.63) is 77.1 Å². The van der Waals surface area contributed by atoms with E-state index in [0.29, 0.717) is 18.2 Å². The van der Waals surface area contributed by atoms with Gasteiger partial charge in [0.15, 0.2) is 5.69 Å². The predicted molar refractivity (Wildman–Crippen MR) is 122 cm³/mol. The summed E-state index contributed by atoms with van der Waals surface area (Å²) in [6, 6.07) is 19.1. The summed E-state index contributed by atoms with van der Waals surface area (Å²) in [5, 5.41) is 10.0. The molecule has 0 spiro atoms. The summed E-state index contributed by atoms with van der Waals surface area (Å²) in [6.45, 7) is 7.16. The molecule has 1 aromatic heterocycles. The van der Waals surface area contributed by atoms with Crippen LogP contribution in [-0.4, -0.2) is 46.9 Å². The largest absolute Gasteiger partial charge is 0.489 e. The van der Waals surface area contributed by atoms with Gasteiger partial charge >= 0.3 is 0 Å². The molecule has 3 aromatic rings. The van der Waals surface area contributed by atoms with Crippen molar-refractivity contribution in [1.82, 2.24) is 20.5 Å². The van der Waals surface area contributed by atoms with Crippen molar-refractivity contribution in [2.45, 2.75) is 45.3 Å². The highest BCUT2D eigenvalue weighted by molar-refractivity contribution is 5.92. The van der Waals surface area contributed by atoms with Crippen LogP contribution in [-0.2, 0) is 6.54 Å². The van der Waals surface area contributed by atoms with E-state index in [9.17, 15) is 4.79 Å². The van der Waals surface area contributed by atoms with Crippen LogP contribution in [0.4, 0.5) is 0 Å². The predicted octanol–water partition coefficient (Wildman–Crippen LogP) is 3.95. The number of benzene rings is 2. The third-order valence-corrected chi connectivity index (χ3v) is 5.94. The highest BCUT2D eigenvalue weighted by atomic mass is 16.6. The van der Waals surface area contributed by atoms with Crippen LogP contribution < -0.4 is 10.1 Å². The molecule has 7 nitrogen and oxygen atoms in total. The summed E-state index contributed by atoms with van der Waals surface area (Å²) in [6.07, 6.45) is 2.23. The maximum absolute atomic E-state index is 12.1. The number of nitrogens with zero attached hydrogens (tertiary/aromatic N) is 3. The zero-order chi connectivity index (χ0) is 22.3. The number of likely N-dealkylation sites (tertiary alicyclic amines) is 1.